The van der Waals surface area contributed by atoms with E-state index in [2.05, 4.69) is 14.4 Å². The van der Waals surface area contributed by atoms with Crippen LogP contribution in [0, 0.1) is 0 Å². The van der Waals surface area contributed by atoms with Crippen molar-refractivity contribution in [2.75, 3.05) is 39.2 Å². The zero-order chi connectivity index (χ0) is 41.7. The average Bonchev–Trinajstić information content (AvgIpc) is 3.76. The minimum Gasteiger partial charge on any atom is -0.395 e. The zero-order valence-corrected chi connectivity index (χ0v) is 37.8. The van der Waals surface area contributed by atoms with Gasteiger partial charge in [0.1, 0.15) is 0 Å². The molecule has 0 spiro atoms. The van der Waals surface area contributed by atoms with E-state index >= 15 is 0 Å². The maximum absolute atomic E-state index is 12.4. The van der Waals surface area contributed by atoms with Crippen molar-refractivity contribution in [3.8, 4) is 0 Å². The van der Waals surface area contributed by atoms with Crippen LogP contribution in [0.4, 0.5) is 0 Å². The molecule has 326 valence electrons. The van der Waals surface area contributed by atoms with E-state index in [1.165, 1.54) is 0 Å². The summed E-state index contributed by atoms with van der Waals surface area (Å²) in [6.45, 7) is 28.0. The Labute approximate surface area is 322 Å². The molecule has 1 aliphatic rings. The van der Waals surface area contributed by atoms with Gasteiger partial charge < -0.3 is 15.9 Å². The molecular weight excluding hydrogens is 777 g/mol. The molecule has 1 rings (SSSR count). The van der Waals surface area contributed by atoms with Crippen molar-refractivity contribution in [3.63, 3.8) is 0 Å². The number of aliphatic hydroxyl groups excluding tert-OH is 2. The Bertz CT molecular complexity index is 1130. The van der Waals surface area contributed by atoms with E-state index in [4.69, 9.17) is 43.1 Å². The molecule has 1 saturated heterocycles. The van der Waals surface area contributed by atoms with Crippen molar-refractivity contribution in [2.45, 2.75) is 166 Å². The topological polar surface area (TPSA) is 244 Å². The lowest BCUT2D eigenvalue weighted by atomic mass is 10.4. The lowest BCUT2D eigenvalue weighted by Crippen LogP contribution is -2.32. The van der Waals surface area contributed by atoms with Crippen LogP contribution in [0.1, 0.15) is 111 Å². The van der Waals surface area contributed by atoms with Crippen LogP contribution in [0.25, 0.3) is 0 Å². The highest BCUT2D eigenvalue weighted by molar-refractivity contribution is 7.86. The Morgan fingerprint density at radius 2 is 0.887 bits per heavy atom. The summed E-state index contributed by atoms with van der Waals surface area (Å²) in [7, 11) is -13.3. The van der Waals surface area contributed by atoms with Crippen molar-refractivity contribution >= 4 is 33.4 Å². The van der Waals surface area contributed by atoms with Crippen molar-refractivity contribution in [2.24, 2.45) is 5.73 Å². The second kappa shape index (κ2) is 29.4. The second-order valence-corrected chi connectivity index (χ2v) is 20.7. The van der Waals surface area contributed by atoms with E-state index in [9.17, 15) is 22.1 Å². The third kappa shape index (κ3) is 37.5. The number of hydrogen-bond acceptors (Lipinski definition) is 15. The normalized spacial score (nSPS) is 15.6. The van der Waals surface area contributed by atoms with Gasteiger partial charge in [-0.05, 0) is 104 Å². The third-order valence-electron chi connectivity index (χ3n) is 4.71. The molecule has 0 amide bonds. The predicted octanol–water partition coefficient (Wildman–Crippen LogP) is 6.04. The van der Waals surface area contributed by atoms with E-state index in [0.717, 1.165) is 19.3 Å². The standard InChI is InChI=1S/C10H24NO6PS.C9H22NO4P.C8H18NO3P.C3H9NO.CH4/c1-8(2)16-18(12,17-9(3)4)11-10(5)7-15-19(6,13)14;1-7(2)13-15(12,14-8(3)4)10-9(5)6-11;1-7(2)11-13(10,9-5-6-9)12-8(3)4;1-3(4)2-5;/h8-10H,7H2,1-6H3,(H,11,12);7-9,11H,6H2,1-5H3,(H,10,12);7-8H,5-6H2,1-4H3;3,5H,2,4H2,1H3;1H4/t10-;9-;;3-;/m00.0./s1. The second-order valence-electron chi connectivity index (χ2n) is 13.7. The molecule has 0 aromatic heterocycles. The summed E-state index contributed by atoms with van der Waals surface area (Å²) in [5.74, 6) is 0. The first-order valence-corrected chi connectivity index (χ1v) is 23.9. The molecule has 53 heavy (non-hydrogen) atoms. The van der Waals surface area contributed by atoms with Crippen molar-refractivity contribution in [3.05, 3.63) is 0 Å². The highest BCUT2D eigenvalue weighted by atomic mass is 32.2. The maximum Gasteiger partial charge on any atom is 0.408 e. The highest BCUT2D eigenvalue weighted by Gasteiger charge is 2.42. The molecule has 1 fully saturated rings. The fraction of sp³-hybridized carbons (Fsp3) is 1.00. The maximum atomic E-state index is 12.4. The third-order valence-corrected chi connectivity index (χ3v) is 12.1. The molecule has 0 unspecified atom stereocenters. The lowest BCUT2D eigenvalue weighted by Gasteiger charge is -2.25. The molecule has 0 bridgehead atoms. The van der Waals surface area contributed by atoms with Crippen LogP contribution >= 0.6 is 23.2 Å². The van der Waals surface area contributed by atoms with Gasteiger partial charge in [-0.2, -0.15) is 8.42 Å². The van der Waals surface area contributed by atoms with Crippen molar-refractivity contribution in [1.29, 1.82) is 0 Å². The molecule has 6 N–H and O–H groups in total. The monoisotopic (exact) mass is 854 g/mol. The van der Waals surface area contributed by atoms with Crippen LogP contribution < -0.4 is 15.9 Å². The quantitative estimate of drug-likeness (QED) is 0.0474. The van der Waals surface area contributed by atoms with Gasteiger partial charge in [-0.15, -0.1) is 0 Å². The number of nitrogens with two attached hydrogens (primary N) is 1. The number of aliphatic hydroxyl groups is 2. The van der Waals surface area contributed by atoms with Crippen LogP contribution in [-0.2, 0) is 55.1 Å². The number of nitrogens with zero attached hydrogens (tertiary/aromatic N) is 1. The van der Waals surface area contributed by atoms with Gasteiger partial charge in [0.05, 0.1) is 62.7 Å². The minimum atomic E-state index is -3.53. The summed E-state index contributed by atoms with van der Waals surface area (Å²) in [5.41, 5.74) is 5.04. The van der Waals surface area contributed by atoms with Gasteiger partial charge in [-0.3, -0.25) is 31.3 Å². The molecule has 1 heterocycles. The van der Waals surface area contributed by atoms with Crippen molar-refractivity contribution in [1.82, 2.24) is 14.8 Å². The molecule has 22 heteroatoms. The van der Waals surface area contributed by atoms with Crippen molar-refractivity contribution < 1.29 is 63.7 Å². The zero-order valence-electron chi connectivity index (χ0n) is 34.3. The summed E-state index contributed by atoms with van der Waals surface area (Å²) < 4.78 is 96.4. The van der Waals surface area contributed by atoms with Gasteiger partial charge in [0.25, 0.3) is 10.1 Å². The Hall–Kier alpha value is 0.120. The van der Waals surface area contributed by atoms with E-state index in [1.807, 2.05) is 27.7 Å². The summed E-state index contributed by atoms with van der Waals surface area (Å²) >= 11 is 0. The Balaban J connectivity index is -0.000000320. The molecule has 1 aliphatic heterocycles. The van der Waals surface area contributed by atoms with Gasteiger partial charge in [-0.1, -0.05) is 7.43 Å². The van der Waals surface area contributed by atoms with Gasteiger partial charge in [0.15, 0.2) is 0 Å². The van der Waals surface area contributed by atoms with E-state index < -0.39 is 39.4 Å². The Morgan fingerprint density at radius 1 is 0.604 bits per heavy atom. The fourth-order valence-corrected chi connectivity index (χ4v) is 9.32. The summed E-state index contributed by atoms with van der Waals surface area (Å²) in [4.78, 5) is 0. The summed E-state index contributed by atoms with van der Waals surface area (Å²) in [5, 5.41) is 22.2. The first kappa shape index (κ1) is 59.8. The van der Waals surface area contributed by atoms with Gasteiger partial charge in [0.2, 0.25) is 0 Å². The molecule has 0 saturated carbocycles. The largest absolute Gasteiger partial charge is 0.408 e. The van der Waals surface area contributed by atoms with E-state index in [0.29, 0.717) is 0 Å². The first-order chi connectivity index (χ1) is 23.4. The number of nitrogens with one attached hydrogen (secondary N) is 2. The van der Waals surface area contributed by atoms with Crippen LogP contribution in [-0.4, -0.2) is 117 Å². The minimum absolute atomic E-state index is 0. The van der Waals surface area contributed by atoms with Gasteiger partial charge in [0, 0.05) is 31.2 Å². The molecule has 0 aromatic carbocycles. The smallest absolute Gasteiger partial charge is 0.395 e. The molecule has 0 aliphatic carbocycles. The molecule has 3 atom stereocenters. The number of rotatable bonds is 22. The van der Waals surface area contributed by atoms with E-state index in [1.54, 1.807) is 80.8 Å². The Kier molecular flexibility index (Phi) is 33.1. The van der Waals surface area contributed by atoms with Gasteiger partial charge in [-0.25, -0.2) is 28.5 Å². The summed E-state index contributed by atoms with van der Waals surface area (Å²) in [6.07, 6.45) is -0.161. The number of hydrogen-bond donors (Lipinski definition) is 5. The van der Waals surface area contributed by atoms with Crippen LogP contribution in [0.15, 0.2) is 0 Å². The molecular formula is C31H77N4O14P3S. The Morgan fingerprint density at radius 3 is 1.09 bits per heavy atom. The first-order valence-electron chi connectivity index (χ1n) is 17.5. The lowest BCUT2D eigenvalue weighted by molar-refractivity contribution is 0.125. The van der Waals surface area contributed by atoms with E-state index in [-0.39, 0.29) is 76.0 Å². The molecule has 0 aromatic rings. The van der Waals surface area contributed by atoms with Gasteiger partial charge >= 0.3 is 23.2 Å². The SMILES string of the molecule is C.CC(C)OP(=O)(N[C@@H](C)CO)OC(C)C.CC(C)OP(=O)(N[C@@H](C)COS(C)(=O)=O)OC(C)C.CC(C)OP(=O)(OC(C)C)N1CC1.C[C@H](N)CO. The summed E-state index contributed by atoms with van der Waals surface area (Å²) in [6, 6.07) is -0.888. The van der Waals surface area contributed by atoms with Crippen LogP contribution in [0.5, 0.6) is 0 Å². The molecule has 18 nitrogen and oxygen atoms in total. The predicted molar refractivity (Wildman–Crippen MR) is 212 cm³/mol. The fourth-order valence-electron chi connectivity index (χ4n) is 3.11. The van der Waals surface area contributed by atoms with Crippen LogP contribution in [0.3, 0.4) is 0 Å². The van der Waals surface area contributed by atoms with Crippen LogP contribution in [0.2, 0.25) is 0 Å². The average molecular weight is 855 g/mol. The highest BCUT2D eigenvalue weighted by Crippen LogP contribution is 2.57. The molecule has 0 radical (unpaired) electrons.